The van der Waals surface area contributed by atoms with Crippen LogP contribution in [0.25, 0.3) is 0 Å². The van der Waals surface area contributed by atoms with Gasteiger partial charge in [-0.3, -0.25) is 19.2 Å². The maximum absolute atomic E-state index is 13.1. The Hall–Kier alpha value is -4.58. The van der Waals surface area contributed by atoms with Gasteiger partial charge in [0.15, 0.2) is 0 Å². The second-order valence-corrected chi connectivity index (χ2v) is 12.9. The van der Waals surface area contributed by atoms with Gasteiger partial charge >= 0.3 is 0 Å². The summed E-state index contributed by atoms with van der Waals surface area (Å²) in [5.74, 6) is -1.69. The molecule has 2 rings (SSSR count). The zero-order chi connectivity index (χ0) is 35.3. The predicted molar refractivity (Wildman–Crippen MR) is 180 cm³/mol. The molecule has 2 aromatic carbocycles. The Kier molecular flexibility index (Phi) is 18.2. The molecule has 0 aliphatic heterocycles. The number of unbranched alkanes of at least 4 members (excludes halogenated alkanes) is 2. The summed E-state index contributed by atoms with van der Waals surface area (Å²) >= 11 is 0. The molecule has 0 bridgehead atoms. The van der Waals surface area contributed by atoms with E-state index >= 15 is 0 Å². The molecule has 4 N–H and O–H groups in total. The predicted octanol–water partition coefficient (Wildman–Crippen LogP) is 3.21. The van der Waals surface area contributed by atoms with Crippen LogP contribution in [0.2, 0.25) is 0 Å². The summed E-state index contributed by atoms with van der Waals surface area (Å²) < 4.78 is 0. The van der Waals surface area contributed by atoms with Gasteiger partial charge in [-0.2, -0.15) is 0 Å². The summed E-state index contributed by atoms with van der Waals surface area (Å²) in [6.45, 7) is 4.10. The first-order valence-corrected chi connectivity index (χ1v) is 17.7. The molecule has 48 heavy (non-hydrogen) atoms. The molecule has 4 amide bonds. The highest BCUT2D eigenvalue weighted by molar-refractivity contribution is 8.76. The third-order valence-corrected chi connectivity index (χ3v) is 8.93. The Labute approximate surface area is 285 Å². The standard InChI is InChI=1S/C30H40N6O10S2/c1-3-5-13-31-29(39)25(33-27(37)23-11-7-9-21(15-23)17-45-35(41)42)19-47-48-20-26(30(40)32-14-6-4-2)34-28(38)24-12-8-10-22(16-24)18-46-36(43)44/h7-12,15-16,25-26H,3-6,13-14,17-20H2,1-2H3,(H,31,39)(H,32,40)(H,33,37)(H,34,38)/t25-,26-/m1/s1. The van der Waals surface area contributed by atoms with E-state index in [1.54, 1.807) is 24.3 Å². The number of hydrogen-bond donors (Lipinski definition) is 4. The van der Waals surface area contributed by atoms with Gasteiger partial charge in [-0.05, 0) is 48.2 Å². The van der Waals surface area contributed by atoms with Crippen LogP contribution in [-0.2, 0) is 32.5 Å². The topological polar surface area (TPSA) is 221 Å². The second-order valence-electron chi connectivity index (χ2n) is 10.3. The number of amides is 4. The maximum Gasteiger partial charge on any atom is 0.294 e. The molecule has 0 aromatic heterocycles. The molecule has 0 fully saturated rings. The monoisotopic (exact) mass is 708 g/mol. The summed E-state index contributed by atoms with van der Waals surface area (Å²) in [6.07, 6.45) is 3.19. The average molecular weight is 709 g/mol. The van der Waals surface area contributed by atoms with Crippen LogP contribution in [0.1, 0.15) is 71.4 Å². The Bertz CT molecular complexity index is 1300. The van der Waals surface area contributed by atoms with E-state index in [1.165, 1.54) is 45.9 Å². The zero-order valence-corrected chi connectivity index (χ0v) is 28.3. The van der Waals surface area contributed by atoms with Crippen molar-refractivity contribution in [2.45, 2.75) is 64.8 Å². The van der Waals surface area contributed by atoms with Crippen molar-refractivity contribution in [3.05, 3.63) is 91.0 Å². The van der Waals surface area contributed by atoms with Gasteiger partial charge in [0.1, 0.15) is 25.3 Å². The highest BCUT2D eigenvalue weighted by atomic mass is 33.1. The smallest absolute Gasteiger partial charge is 0.294 e. The van der Waals surface area contributed by atoms with E-state index in [0.717, 1.165) is 25.7 Å². The van der Waals surface area contributed by atoms with Gasteiger partial charge in [0.2, 0.25) is 11.8 Å². The summed E-state index contributed by atoms with van der Waals surface area (Å²) in [4.78, 5) is 82.0. The van der Waals surface area contributed by atoms with Gasteiger partial charge in [-0.1, -0.05) is 72.5 Å². The van der Waals surface area contributed by atoms with Gasteiger partial charge in [-0.25, -0.2) is 0 Å². The van der Waals surface area contributed by atoms with E-state index in [9.17, 15) is 39.4 Å². The van der Waals surface area contributed by atoms with Crippen LogP contribution >= 0.6 is 21.6 Å². The lowest BCUT2D eigenvalue weighted by Gasteiger charge is -2.20. The van der Waals surface area contributed by atoms with Crippen LogP contribution in [-0.4, -0.2) is 70.5 Å². The minimum Gasteiger partial charge on any atom is -0.354 e. The fourth-order valence-electron chi connectivity index (χ4n) is 3.96. The average Bonchev–Trinajstić information content (AvgIpc) is 3.07. The Morgan fingerprint density at radius 1 is 0.708 bits per heavy atom. The first-order valence-electron chi connectivity index (χ1n) is 15.2. The van der Waals surface area contributed by atoms with Crippen molar-refractivity contribution in [1.82, 2.24) is 21.3 Å². The van der Waals surface area contributed by atoms with Crippen LogP contribution in [0.5, 0.6) is 0 Å². The van der Waals surface area contributed by atoms with Crippen molar-refractivity contribution < 1.29 is 39.0 Å². The van der Waals surface area contributed by atoms with E-state index in [0.29, 0.717) is 24.2 Å². The lowest BCUT2D eigenvalue weighted by atomic mass is 10.1. The van der Waals surface area contributed by atoms with Crippen LogP contribution in [0.3, 0.4) is 0 Å². The third-order valence-electron chi connectivity index (χ3n) is 6.51. The first-order chi connectivity index (χ1) is 23.0. The van der Waals surface area contributed by atoms with Crippen molar-refractivity contribution >= 4 is 45.2 Å². The quantitative estimate of drug-likeness (QED) is 0.0566. The summed E-state index contributed by atoms with van der Waals surface area (Å²) in [5, 5.41) is 30.3. The molecule has 16 nitrogen and oxygen atoms in total. The largest absolute Gasteiger partial charge is 0.354 e. The highest BCUT2D eigenvalue weighted by Crippen LogP contribution is 2.24. The van der Waals surface area contributed by atoms with Crippen molar-refractivity contribution in [1.29, 1.82) is 0 Å². The van der Waals surface area contributed by atoms with Crippen LogP contribution in [0.4, 0.5) is 0 Å². The molecule has 0 heterocycles. The lowest BCUT2D eigenvalue weighted by molar-refractivity contribution is -0.763. The molecular weight excluding hydrogens is 668 g/mol. The molecule has 2 aromatic rings. The van der Waals surface area contributed by atoms with E-state index in [-0.39, 0.29) is 35.8 Å². The molecule has 0 aliphatic carbocycles. The van der Waals surface area contributed by atoms with Crippen LogP contribution < -0.4 is 21.3 Å². The third kappa shape index (κ3) is 15.3. The molecule has 0 aliphatic rings. The molecule has 0 spiro atoms. The number of carbonyl (C=O) groups is 4. The number of nitrogens with zero attached hydrogens (tertiary/aromatic N) is 2. The van der Waals surface area contributed by atoms with E-state index in [1.807, 2.05) is 13.8 Å². The number of rotatable bonds is 23. The number of benzene rings is 2. The lowest BCUT2D eigenvalue weighted by Crippen LogP contribution is -2.49. The van der Waals surface area contributed by atoms with E-state index in [2.05, 4.69) is 30.9 Å². The molecule has 262 valence electrons. The van der Waals surface area contributed by atoms with Crippen molar-refractivity contribution in [3.63, 3.8) is 0 Å². The second kappa shape index (κ2) is 22.1. The summed E-state index contributed by atoms with van der Waals surface area (Å²) in [7, 11) is 2.45. The molecule has 2 atom stereocenters. The zero-order valence-electron chi connectivity index (χ0n) is 26.6. The Morgan fingerprint density at radius 2 is 1.10 bits per heavy atom. The number of hydrogen-bond acceptors (Lipinski definition) is 12. The minimum absolute atomic E-state index is 0.120. The van der Waals surface area contributed by atoms with Crippen molar-refractivity contribution in [2.75, 3.05) is 24.6 Å². The van der Waals surface area contributed by atoms with Gasteiger partial charge in [0, 0.05) is 35.7 Å². The number of nitrogens with one attached hydrogen (secondary N) is 4. The normalized spacial score (nSPS) is 11.8. The first kappa shape index (κ1) is 39.6. The molecule has 0 saturated carbocycles. The SMILES string of the molecule is CCCCNC(=O)[C@@H](CSSC[C@@H](NC(=O)c1cccc(CO[N+](=O)[O-])c1)C(=O)NCCCC)NC(=O)c1cccc(CO[N+](=O)[O-])c1. The van der Waals surface area contributed by atoms with E-state index in [4.69, 9.17) is 0 Å². The Morgan fingerprint density at radius 3 is 1.46 bits per heavy atom. The molecule has 0 radical (unpaired) electrons. The van der Waals surface area contributed by atoms with Crippen LogP contribution in [0.15, 0.2) is 48.5 Å². The minimum atomic E-state index is -0.957. The number of carbonyl (C=O) groups excluding carboxylic acids is 4. The molecular formula is C30H40N6O10S2. The van der Waals surface area contributed by atoms with Gasteiger partial charge in [-0.15, -0.1) is 20.2 Å². The fourth-order valence-corrected chi connectivity index (χ4v) is 6.29. The molecule has 0 unspecified atom stereocenters. The Balaban J connectivity index is 2.09. The summed E-state index contributed by atoms with van der Waals surface area (Å²) in [6, 6.07) is 10.2. The van der Waals surface area contributed by atoms with E-state index < -0.39 is 45.9 Å². The molecule has 0 saturated heterocycles. The van der Waals surface area contributed by atoms with Gasteiger partial charge in [0.05, 0.1) is 0 Å². The maximum atomic E-state index is 13.1. The highest BCUT2D eigenvalue weighted by Gasteiger charge is 2.25. The van der Waals surface area contributed by atoms with Crippen molar-refractivity contribution in [3.8, 4) is 0 Å². The fraction of sp³-hybridized carbons (Fsp3) is 0.467. The van der Waals surface area contributed by atoms with Gasteiger partial charge < -0.3 is 30.9 Å². The summed E-state index contributed by atoms with van der Waals surface area (Å²) in [5.41, 5.74) is 1.17. The van der Waals surface area contributed by atoms with Gasteiger partial charge in [0.25, 0.3) is 22.0 Å². The van der Waals surface area contributed by atoms with Crippen molar-refractivity contribution in [2.24, 2.45) is 0 Å². The van der Waals surface area contributed by atoms with Crippen LogP contribution in [0, 0.1) is 20.2 Å². The molecule has 18 heteroatoms.